The predicted molar refractivity (Wildman–Crippen MR) is 165 cm³/mol. The first kappa shape index (κ1) is 25.0. The van der Waals surface area contributed by atoms with Crippen LogP contribution in [-0.2, 0) is 21.2 Å². The second-order valence-electron chi connectivity index (χ2n) is 10.8. The van der Waals surface area contributed by atoms with Crippen LogP contribution < -0.4 is 22.0 Å². The summed E-state index contributed by atoms with van der Waals surface area (Å²) in [6, 6.07) is 31.6. The molecule has 2 N–H and O–H groups in total. The topological polar surface area (TPSA) is 124 Å². The van der Waals surface area contributed by atoms with Crippen LogP contribution in [-0.4, -0.2) is 35.9 Å². The number of amidine groups is 2. The van der Waals surface area contributed by atoms with E-state index >= 15 is 0 Å². The zero-order valence-corrected chi connectivity index (χ0v) is 23.7. The minimum atomic E-state index is -1.37. The van der Waals surface area contributed by atoms with Crippen molar-refractivity contribution in [1.29, 1.82) is 0 Å². The van der Waals surface area contributed by atoms with E-state index in [4.69, 9.17) is 39.4 Å². The predicted octanol–water partition coefficient (Wildman–Crippen LogP) is 3.28. The van der Waals surface area contributed by atoms with Crippen LogP contribution >= 0.6 is 0 Å². The van der Waals surface area contributed by atoms with Crippen molar-refractivity contribution < 1.29 is 9.47 Å². The molecule has 6 aromatic rings. The van der Waals surface area contributed by atoms with E-state index in [2.05, 4.69) is 9.97 Å². The summed E-state index contributed by atoms with van der Waals surface area (Å²) in [4.78, 5) is 37.4. The number of aliphatic imine (C=N–C) groups is 2. The van der Waals surface area contributed by atoms with Crippen LogP contribution in [0.3, 0.4) is 0 Å². The number of benzene rings is 4. The third-order valence-electron chi connectivity index (χ3n) is 8.43. The molecule has 0 fully saturated rings. The van der Waals surface area contributed by atoms with Crippen molar-refractivity contribution in [1.82, 2.24) is 9.97 Å². The van der Waals surface area contributed by atoms with Gasteiger partial charge in [-0.1, -0.05) is 97.1 Å². The Bertz CT molecular complexity index is 2330. The number of hydrogen-bond donors (Lipinski definition) is 2. The lowest BCUT2D eigenvalue weighted by Gasteiger charge is -2.20. The van der Waals surface area contributed by atoms with Gasteiger partial charge in [0, 0.05) is 58.0 Å². The maximum absolute atomic E-state index is 6.13. The highest BCUT2D eigenvalue weighted by atomic mass is 16.5. The monoisotopic (exact) mass is 576 g/mol. The van der Waals surface area contributed by atoms with Crippen molar-refractivity contribution in [3.05, 3.63) is 141 Å². The van der Waals surface area contributed by atoms with E-state index in [1.807, 2.05) is 97.1 Å². The average molecular weight is 577 g/mol. The van der Waals surface area contributed by atoms with Gasteiger partial charge in [0.25, 0.3) is 11.7 Å². The summed E-state index contributed by atoms with van der Waals surface area (Å²) in [6.45, 7) is 0. The zero-order chi connectivity index (χ0) is 29.5. The van der Waals surface area contributed by atoms with Crippen molar-refractivity contribution in [2.45, 2.75) is 11.7 Å². The molecule has 5 heterocycles. The van der Waals surface area contributed by atoms with Gasteiger partial charge in [-0.2, -0.15) is 0 Å². The Morgan fingerprint density at radius 1 is 0.455 bits per heavy atom. The molecule has 10 heteroatoms. The summed E-state index contributed by atoms with van der Waals surface area (Å²) in [7, 11) is 3.22. The molecular formula is C34H24N8O2. The molecule has 0 spiro atoms. The van der Waals surface area contributed by atoms with Crippen LogP contribution in [0.5, 0.6) is 0 Å². The van der Waals surface area contributed by atoms with Crippen LogP contribution in [0.25, 0.3) is 21.5 Å². The molecule has 3 aliphatic rings. The summed E-state index contributed by atoms with van der Waals surface area (Å²) in [5.41, 5.74) is 5.60. The van der Waals surface area contributed by atoms with Crippen LogP contribution in [0.2, 0.25) is 0 Å². The van der Waals surface area contributed by atoms with Crippen molar-refractivity contribution in [2.24, 2.45) is 30.0 Å². The standard InChI is InChI=1S/C34H24N8O2/c1-43-33-25-17-9-7-15-23(25)31(41-33)37-28-20-12-4-6-14-22(20)30(36-28)40-34(44-2)26-18-10-8-16-24(26)32(42-34)38-27-19-11-3-5-13-21(19)29(35-27)39-33/h3-18H,1-2H3,(H,35,38,39,42)(H,36,37,40,41)/t33-,34-/m0/s1. The molecule has 0 unspecified atom stereocenters. The van der Waals surface area contributed by atoms with Gasteiger partial charge in [0.15, 0.2) is 11.7 Å². The average Bonchev–Trinajstić information content (AvgIpc) is 3.78. The lowest BCUT2D eigenvalue weighted by Crippen LogP contribution is -2.27. The fraction of sp³-hybridized carbons (Fsp3) is 0.118. The molecule has 212 valence electrons. The summed E-state index contributed by atoms with van der Waals surface area (Å²) in [5, 5.41) is 3.51. The Morgan fingerprint density at radius 2 is 0.818 bits per heavy atom. The normalized spacial score (nSPS) is 23.0. The first-order chi connectivity index (χ1) is 21.6. The van der Waals surface area contributed by atoms with Gasteiger partial charge in [-0.05, 0) is 0 Å². The number of aromatic amines is 2. The van der Waals surface area contributed by atoms with Crippen LogP contribution in [0.4, 0.5) is 0 Å². The lowest BCUT2D eigenvalue weighted by atomic mass is 10.1. The van der Waals surface area contributed by atoms with Gasteiger partial charge in [0.2, 0.25) is 0 Å². The van der Waals surface area contributed by atoms with E-state index in [-0.39, 0.29) is 0 Å². The summed E-state index contributed by atoms with van der Waals surface area (Å²) >= 11 is 0. The molecule has 0 aliphatic carbocycles. The minimum Gasteiger partial charge on any atom is -0.335 e. The number of fused-ring (bicyclic) bond motifs is 18. The molecule has 3 aliphatic heterocycles. The van der Waals surface area contributed by atoms with Gasteiger partial charge in [-0.3, -0.25) is 0 Å². The molecule has 2 aromatic heterocycles. The van der Waals surface area contributed by atoms with Gasteiger partial charge in [0.05, 0.1) is 0 Å². The van der Waals surface area contributed by atoms with Crippen LogP contribution in [0, 0.1) is 0 Å². The lowest BCUT2D eigenvalue weighted by molar-refractivity contribution is 0.000270. The number of nitrogens with one attached hydrogen (secondary N) is 2. The van der Waals surface area contributed by atoms with E-state index in [9.17, 15) is 0 Å². The van der Waals surface area contributed by atoms with E-state index in [0.717, 1.165) is 43.8 Å². The number of hydrogen-bond acceptors (Lipinski definition) is 8. The Labute approximate surface area is 249 Å². The minimum absolute atomic E-state index is 0.491. The molecule has 4 aromatic carbocycles. The van der Waals surface area contributed by atoms with Crippen molar-refractivity contribution >= 4 is 33.2 Å². The fourth-order valence-electron chi connectivity index (χ4n) is 6.35. The van der Waals surface area contributed by atoms with Crippen LogP contribution in [0.15, 0.2) is 127 Å². The molecule has 44 heavy (non-hydrogen) atoms. The number of H-pyrrole nitrogens is 2. The second-order valence-corrected chi connectivity index (χ2v) is 10.8. The van der Waals surface area contributed by atoms with E-state index in [0.29, 0.717) is 33.6 Å². The SMILES string of the molecule is CO[C@]12N=C(N=c3[nH]/c(c4ccccc34)=N\[C@]3(OC)N=C(N=c4[nH]/c(c5ccccc45)=N\1)c1ccccc13)c1ccccc12. The molecule has 8 bridgehead atoms. The van der Waals surface area contributed by atoms with Gasteiger partial charge < -0.3 is 19.4 Å². The van der Waals surface area contributed by atoms with Crippen molar-refractivity contribution in [3.8, 4) is 0 Å². The molecule has 10 nitrogen and oxygen atoms in total. The molecule has 0 amide bonds. The number of methoxy groups -OCH3 is 2. The molecule has 0 saturated heterocycles. The second kappa shape index (κ2) is 8.96. The van der Waals surface area contributed by atoms with E-state index in [1.54, 1.807) is 14.2 Å². The molecule has 0 saturated carbocycles. The van der Waals surface area contributed by atoms with Crippen molar-refractivity contribution in [3.63, 3.8) is 0 Å². The van der Waals surface area contributed by atoms with Gasteiger partial charge in [0.1, 0.15) is 22.0 Å². The third-order valence-corrected chi connectivity index (χ3v) is 8.43. The third kappa shape index (κ3) is 3.37. The number of nitrogens with zero attached hydrogens (tertiary/aromatic N) is 6. The number of aromatic nitrogens is 2. The molecule has 2 atom stereocenters. The zero-order valence-electron chi connectivity index (χ0n) is 23.7. The maximum Gasteiger partial charge on any atom is 0.288 e. The largest absolute Gasteiger partial charge is 0.335 e. The smallest absolute Gasteiger partial charge is 0.288 e. The molecule has 9 rings (SSSR count). The van der Waals surface area contributed by atoms with E-state index in [1.165, 1.54) is 0 Å². The highest BCUT2D eigenvalue weighted by Crippen LogP contribution is 2.39. The Morgan fingerprint density at radius 3 is 1.23 bits per heavy atom. The highest BCUT2D eigenvalue weighted by Gasteiger charge is 2.42. The maximum atomic E-state index is 6.13. The van der Waals surface area contributed by atoms with Gasteiger partial charge in [-0.15, -0.1) is 0 Å². The number of rotatable bonds is 2. The Hall–Kier alpha value is -5.58. The quantitative estimate of drug-likeness (QED) is 0.329. The van der Waals surface area contributed by atoms with E-state index < -0.39 is 11.7 Å². The number of ether oxygens (including phenoxy) is 2. The highest BCUT2D eigenvalue weighted by molar-refractivity contribution is 6.05. The Kier molecular flexibility index (Phi) is 5.09. The molecular weight excluding hydrogens is 552 g/mol. The van der Waals surface area contributed by atoms with Crippen molar-refractivity contribution in [2.75, 3.05) is 14.2 Å². The molecule has 0 radical (unpaired) electrons. The summed E-state index contributed by atoms with van der Waals surface area (Å²) in [5.74, 6) is -1.75. The van der Waals surface area contributed by atoms with Crippen LogP contribution in [0.1, 0.15) is 22.3 Å². The summed E-state index contributed by atoms with van der Waals surface area (Å²) < 4.78 is 12.3. The first-order valence-corrected chi connectivity index (χ1v) is 14.2. The fourth-order valence-corrected chi connectivity index (χ4v) is 6.35. The Balaban J connectivity index is 1.49. The van der Waals surface area contributed by atoms with Gasteiger partial charge in [-0.25, -0.2) is 30.0 Å². The van der Waals surface area contributed by atoms with Gasteiger partial charge >= 0.3 is 0 Å². The summed E-state index contributed by atoms with van der Waals surface area (Å²) in [6.07, 6.45) is 0. The first-order valence-electron chi connectivity index (χ1n) is 14.2.